The summed E-state index contributed by atoms with van der Waals surface area (Å²) >= 11 is 0. The van der Waals surface area contributed by atoms with Crippen LogP contribution in [0.4, 0.5) is 0 Å². The quantitative estimate of drug-likeness (QED) is 0.827. The maximum Gasteiger partial charge on any atom is 0.161 e. The first kappa shape index (κ1) is 15.6. The lowest BCUT2D eigenvalue weighted by Gasteiger charge is -2.28. The van der Waals surface area contributed by atoms with E-state index in [9.17, 15) is 8.42 Å². The van der Waals surface area contributed by atoms with Gasteiger partial charge in [-0.3, -0.25) is 4.90 Å². The van der Waals surface area contributed by atoms with Crippen LogP contribution < -0.4 is 9.47 Å². The topological polar surface area (TPSA) is 55.8 Å². The Bertz CT molecular complexity index is 629. The van der Waals surface area contributed by atoms with Crippen LogP contribution in [0.2, 0.25) is 0 Å². The summed E-state index contributed by atoms with van der Waals surface area (Å²) in [5.74, 6) is 2.19. The molecule has 1 atom stereocenters. The molecule has 2 aliphatic rings. The van der Waals surface area contributed by atoms with Crippen molar-refractivity contribution in [1.29, 1.82) is 0 Å². The molecule has 1 fully saturated rings. The largest absolute Gasteiger partial charge is 0.486 e. The average Bonchev–Trinajstić information content (AvgIpc) is 2.87. The molecule has 0 amide bonds. The van der Waals surface area contributed by atoms with Gasteiger partial charge in [0.15, 0.2) is 21.3 Å². The van der Waals surface area contributed by atoms with Gasteiger partial charge in [-0.05, 0) is 37.1 Å². The van der Waals surface area contributed by atoms with Gasteiger partial charge in [0.05, 0.1) is 11.5 Å². The normalized spacial score (nSPS) is 22.9. The Balaban J connectivity index is 1.73. The number of rotatable bonds is 5. The summed E-state index contributed by atoms with van der Waals surface area (Å²) in [5.41, 5.74) is 1.14. The van der Waals surface area contributed by atoms with Crippen molar-refractivity contribution in [2.24, 2.45) is 0 Å². The minimum absolute atomic E-state index is 0.137. The van der Waals surface area contributed by atoms with Crippen LogP contribution >= 0.6 is 0 Å². The average molecular weight is 325 g/mol. The molecule has 122 valence electrons. The summed E-state index contributed by atoms with van der Waals surface area (Å²) < 4.78 is 34.6. The fraction of sp³-hybridized carbons (Fsp3) is 0.625. The Kier molecular flexibility index (Phi) is 4.59. The Labute approximate surface area is 132 Å². The second-order valence-electron chi connectivity index (χ2n) is 6.01. The highest BCUT2D eigenvalue weighted by atomic mass is 32.2. The Hall–Kier alpha value is -1.27. The van der Waals surface area contributed by atoms with Gasteiger partial charge >= 0.3 is 0 Å². The van der Waals surface area contributed by atoms with Crippen LogP contribution in [-0.4, -0.2) is 50.6 Å². The molecule has 1 aromatic carbocycles. The number of sulfone groups is 1. The third-order valence-corrected chi connectivity index (χ3v) is 5.98. The Morgan fingerprint density at radius 3 is 2.68 bits per heavy atom. The van der Waals surface area contributed by atoms with Gasteiger partial charge in [0.25, 0.3) is 0 Å². The first-order valence-corrected chi connectivity index (χ1v) is 9.72. The molecule has 1 saturated heterocycles. The third-order valence-electron chi connectivity index (χ3n) is 4.23. The molecule has 5 nitrogen and oxygen atoms in total. The summed E-state index contributed by atoms with van der Waals surface area (Å²) in [4.78, 5) is 2.29. The molecule has 0 saturated carbocycles. The summed E-state index contributed by atoms with van der Waals surface area (Å²) in [7, 11) is -2.85. The van der Waals surface area contributed by atoms with Crippen molar-refractivity contribution in [3.63, 3.8) is 0 Å². The van der Waals surface area contributed by atoms with E-state index >= 15 is 0 Å². The molecule has 0 radical (unpaired) electrons. The number of ether oxygens (including phenoxy) is 2. The van der Waals surface area contributed by atoms with Crippen molar-refractivity contribution < 1.29 is 17.9 Å². The molecule has 0 aromatic heterocycles. The molecular formula is C16H23NO4S. The second kappa shape index (κ2) is 6.46. The molecule has 0 unspecified atom stereocenters. The van der Waals surface area contributed by atoms with Crippen LogP contribution in [0, 0.1) is 0 Å². The lowest BCUT2D eigenvalue weighted by molar-refractivity contribution is 0.170. The van der Waals surface area contributed by atoms with E-state index in [0.717, 1.165) is 43.0 Å². The smallest absolute Gasteiger partial charge is 0.161 e. The summed E-state index contributed by atoms with van der Waals surface area (Å²) in [6.07, 6.45) is 1.76. The van der Waals surface area contributed by atoms with Crippen LogP contribution in [0.25, 0.3) is 0 Å². The molecule has 0 bridgehead atoms. The Morgan fingerprint density at radius 1 is 1.23 bits per heavy atom. The molecule has 2 aliphatic heterocycles. The first-order valence-electron chi connectivity index (χ1n) is 7.90. The van der Waals surface area contributed by atoms with Gasteiger partial charge in [0, 0.05) is 12.6 Å². The highest BCUT2D eigenvalue weighted by molar-refractivity contribution is 7.91. The predicted octanol–water partition coefficient (Wildman–Crippen LogP) is 1.86. The van der Waals surface area contributed by atoms with Crippen molar-refractivity contribution >= 4 is 9.84 Å². The Morgan fingerprint density at radius 2 is 2.00 bits per heavy atom. The molecule has 0 aliphatic carbocycles. The molecular weight excluding hydrogens is 302 g/mol. The van der Waals surface area contributed by atoms with Crippen molar-refractivity contribution in [3.8, 4) is 11.5 Å². The summed E-state index contributed by atoms with van der Waals surface area (Å²) in [5, 5.41) is 0. The van der Waals surface area contributed by atoms with E-state index in [-0.39, 0.29) is 11.8 Å². The van der Waals surface area contributed by atoms with Crippen molar-refractivity contribution in [2.45, 2.75) is 32.4 Å². The third kappa shape index (κ3) is 3.55. The van der Waals surface area contributed by atoms with Crippen LogP contribution in [-0.2, 0) is 16.4 Å². The molecule has 1 aromatic rings. The number of benzene rings is 1. The van der Waals surface area contributed by atoms with E-state index < -0.39 is 9.84 Å². The maximum absolute atomic E-state index is 11.7. The summed E-state index contributed by atoms with van der Waals surface area (Å²) in [6, 6.07) is 6.14. The van der Waals surface area contributed by atoms with Crippen molar-refractivity contribution in [2.75, 3.05) is 31.3 Å². The van der Waals surface area contributed by atoms with Gasteiger partial charge in [-0.25, -0.2) is 8.42 Å². The monoisotopic (exact) mass is 325 g/mol. The van der Waals surface area contributed by atoms with Gasteiger partial charge in [-0.1, -0.05) is 13.0 Å². The maximum atomic E-state index is 11.7. The molecule has 0 N–H and O–H groups in total. The molecule has 0 spiro atoms. The number of nitrogens with zero attached hydrogens (tertiary/aromatic N) is 1. The minimum Gasteiger partial charge on any atom is -0.486 e. The van der Waals surface area contributed by atoms with Crippen LogP contribution in [0.3, 0.4) is 0 Å². The van der Waals surface area contributed by atoms with Crippen molar-refractivity contribution in [3.05, 3.63) is 23.8 Å². The van der Waals surface area contributed by atoms with Gasteiger partial charge in [0.2, 0.25) is 0 Å². The van der Waals surface area contributed by atoms with E-state index in [1.165, 1.54) is 0 Å². The number of fused-ring (bicyclic) bond motifs is 1. The summed E-state index contributed by atoms with van der Waals surface area (Å²) in [6.45, 7) is 4.96. The van der Waals surface area contributed by atoms with E-state index in [2.05, 4.69) is 11.8 Å². The highest BCUT2D eigenvalue weighted by Crippen LogP contribution is 2.31. The minimum atomic E-state index is -2.85. The lowest BCUT2D eigenvalue weighted by atomic mass is 10.1. The first-order chi connectivity index (χ1) is 10.6. The van der Waals surface area contributed by atoms with Crippen molar-refractivity contribution in [1.82, 2.24) is 4.90 Å². The fourth-order valence-corrected chi connectivity index (χ4v) is 4.92. The van der Waals surface area contributed by atoms with E-state index in [1.807, 2.05) is 18.2 Å². The fourth-order valence-electron chi connectivity index (χ4n) is 3.16. The van der Waals surface area contributed by atoms with Crippen LogP contribution in [0.5, 0.6) is 11.5 Å². The molecule has 6 heteroatoms. The zero-order chi connectivity index (χ0) is 15.6. The van der Waals surface area contributed by atoms with Crippen LogP contribution in [0.15, 0.2) is 18.2 Å². The van der Waals surface area contributed by atoms with Gasteiger partial charge in [-0.15, -0.1) is 0 Å². The lowest BCUT2D eigenvalue weighted by Crippen LogP contribution is -2.36. The SMILES string of the molecule is CCCN(Cc1ccc2c(c1)OCCO2)[C@H]1CCS(=O)(=O)C1. The predicted molar refractivity (Wildman–Crippen MR) is 85.2 cm³/mol. The van der Waals surface area contributed by atoms with Gasteiger partial charge in [0.1, 0.15) is 13.2 Å². The zero-order valence-electron chi connectivity index (χ0n) is 13.0. The molecule has 3 rings (SSSR count). The molecule has 22 heavy (non-hydrogen) atoms. The number of hydrogen-bond donors (Lipinski definition) is 0. The van der Waals surface area contributed by atoms with E-state index in [4.69, 9.17) is 9.47 Å². The zero-order valence-corrected chi connectivity index (χ0v) is 13.8. The highest BCUT2D eigenvalue weighted by Gasteiger charge is 2.32. The number of hydrogen-bond acceptors (Lipinski definition) is 5. The standard InChI is InChI=1S/C16H23NO4S/c1-2-6-17(14-5-9-22(18,19)12-14)11-13-3-4-15-16(10-13)21-8-7-20-15/h3-4,10,14H,2,5-9,11-12H2,1H3/t14-/m0/s1. The van der Waals surface area contributed by atoms with Crippen LogP contribution in [0.1, 0.15) is 25.3 Å². The van der Waals surface area contributed by atoms with E-state index in [0.29, 0.717) is 19.0 Å². The van der Waals surface area contributed by atoms with Gasteiger partial charge in [-0.2, -0.15) is 0 Å². The molecule has 2 heterocycles. The van der Waals surface area contributed by atoms with E-state index in [1.54, 1.807) is 0 Å². The second-order valence-corrected chi connectivity index (χ2v) is 8.23. The van der Waals surface area contributed by atoms with Gasteiger partial charge < -0.3 is 9.47 Å².